The summed E-state index contributed by atoms with van der Waals surface area (Å²) in [5.41, 5.74) is 0. The van der Waals surface area contributed by atoms with Gasteiger partial charge in [0.05, 0.1) is 0 Å². The van der Waals surface area contributed by atoms with Gasteiger partial charge in [-0.2, -0.15) is 0 Å². The summed E-state index contributed by atoms with van der Waals surface area (Å²) in [4.78, 5) is 31.4. The molecule has 94 valence electrons. The maximum atomic E-state index is 11.1. The minimum atomic E-state index is -1.24. The van der Waals surface area contributed by atoms with Crippen molar-refractivity contribution < 1.29 is 29.3 Å². The number of ether oxygens (including phenoxy) is 1. The fourth-order valence-corrected chi connectivity index (χ4v) is 0.962. The Morgan fingerprint density at radius 1 is 1.12 bits per heavy atom. The van der Waals surface area contributed by atoms with E-state index >= 15 is 0 Å². The van der Waals surface area contributed by atoms with Crippen LogP contribution in [0, 0.1) is 0 Å². The molecule has 0 amide bonds. The van der Waals surface area contributed by atoms with Gasteiger partial charge >= 0.3 is 17.9 Å². The van der Waals surface area contributed by atoms with E-state index in [4.69, 9.17) is 14.9 Å². The van der Waals surface area contributed by atoms with Gasteiger partial charge in [-0.3, -0.25) is 0 Å². The normalized spacial score (nSPS) is 12.8. The number of hydrogen-bond acceptors (Lipinski definition) is 4. The molecule has 0 fully saturated rings. The fourth-order valence-electron chi connectivity index (χ4n) is 0.962. The van der Waals surface area contributed by atoms with E-state index in [0.717, 1.165) is 12.2 Å². The minimum absolute atomic E-state index is 0.273. The number of carbonyl (C=O) groups is 3. The number of hydrogen-bond donors (Lipinski definition) is 2. The van der Waals surface area contributed by atoms with E-state index in [2.05, 4.69) is 0 Å². The van der Waals surface area contributed by atoms with Crippen LogP contribution in [0.25, 0.3) is 0 Å². The Hall–Kier alpha value is -2.11. The van der Waals surface area contributed by atoms with Crippen molar-refractivity contribution in [2.24, 2.45) is 0 Å². The average molecular weight is 242 g/mol. The van der Waals surface area contributed by atoms with E-state index in [-0.39, 0.29) is 6.42 Å². The predicted octanol–water partition coefficient (Wildman–Crippen LogP) is 0.980. The topological polar surface area (TPSA) is 101 Å². The molecule has 0 bridgehead atoms. The lowest BCUT2D eigenvalue weighted by Gasteiger charge is -2.12. The molecule has 0 aliphatic carbocycles. The van der Waals surface area contributed by atoms with E-state index in [1.807, 2.05) is 0 Å². The highest BCUT2D eigenvalue weighted by atomic mass is 16.5. The Kier molecular flexibility index (Phi) is 7.09. The molecule has 6 heteroatoms. The van der Waals surface area contributed by atoms with Gasteiger partial charge in [-0.15, -0.1) is 0 Å². The van der Waals surface area contributed by atoms with E-state index in [1.165, 1.54) is 6.08 Å². The van der Waals surface area contributed by atoms with Crippen LogP contribution in [0.15, 0.2) is 24.3 Å². The van der Waals surface area contributed by atoms with Crippen molar-refractivity contribution in [2.75, 3.05) is 0 Å². The Labute approximate surface area is 98.2 Å². The summed E-state index contributed by atoms with van der Waals surface area (Å²) in [7, 11) is 0. The maximum Gasteiger partial charge on any atom is 0.331 e. The Balaban J connectivity index is 4.17. The van der Waals surface area contributed by atoms with Gasteiger partial charge in [-0.25, -0.2) is 14.4 Å². The van der Waals surface area contributed by atoms with E-state index in [9.17, 15) is 14.4 Å². The summed E-state index contributed by atoms with van der Waals surface area (Å²) in [5, 5.41) is 16.6. The van der Waals surface area contributed by atoms with Crippen LogP contribution < -0.4 is 0 Å². The van der Waals surface area contributed by atoms with Crippen LogP contribution in [0.3, 0.4) is 0 Å². The summed E-state index contributed by atoms with van der Waals surface area (Å²) < 4.78 is 4.90. The van der Waals surface area contributed by atoms with Crippen molar-refractivity contribution in [3.63, 3.8) is 0 Å². The van der Waals surface area contributed by atoms with Crippen molar-refractivity contribution in [2.45, 2.75) is 25.9 Å². The third kappa shape index (κ3) is 8.86. The average Bonchev–Trinajstić information content (AvgIpc) is 2.24. The molecule has 1 atom stereocenters. The molecule has 1 unspecified atom stereocenters. The first kappa shape index (κ1) is 14.9. The molecule has 0 spiro atoms. The van der Waals surface area contributed by atoms with Crippen LogP contribution >= 0.6 is 0 Å². The number of aliphatic carboxylic acids is 2. The van der Waals surface area contributed by atoms with Crippen LogP contribution in [0.1, 0.15) is 19.8 Å². The largest absolute Gasteiger partial charge is 0.478 e. The number of carboxylic acid groups (broad SMARTS) is 2. The monoisotopic (exact) mass is 242 g/mol. The summed E-state index contributed by atoms with van der Waals surface area (Å²) in [6, 6.07) is 0. The fraction of sp³-hybridized carbons (Fsp3) is 0.364. The molecule has 0 aromatic heterocycles. The zero-order chi connectivity index (χ0) is 13.3. The number of carboxylic acids is 2. The zero-order valence-corrected chi connectivity index (χ0v) is 9.33. The second kappa shape index (κ2) is 8.09. The van der Waals surface area contributed by atoms with E-state index in [1.54, 1.807) is 6.92 Å². The smallest absolute Gasteiger partial charge is 0.331 e. The summed E-state index contributed by atoms with van der Waals surface area (Å²) in [6.45, 7) is 1.77. The summed E-state index contributed by atoms with van der Waals surface area (Å²) >= 11 is 0. The van der Waals surface area contributed by atoms with Gasteiger partial charge < -0.3 is 14.9 Å². The molecule has 0 saturated carbocycles. The lowest BCUT2D eigenvalue weighted by Crippen LogP contribution is -2.15. The maximum absolute atomic E-state index is 11.1. The Morgan fingerprint density at radius 3 is 2.18 bits per heavy atom. The van der Waals surface area contributed by atoms with Crippen LogP contribution in [-0.4, -0.2) is 34.2 Å². The molecule has 6 nitrogen and oxygen atoms in total. The molecular weight excluding hydrogens is 228 g/mol. The van der Waals surface area contributed by atoms with Crippen LogP contribution in [-0.2, 0) is 19.1 Å². The van der Waals surface area contributed by atoms with Gasteiger partial charge in [0, 0.05) is 24.6 Å². The Morgan fingerprint density at radius 2 is 1.71 bits per heavy atom. The number of rotatable bonds is 7. The van der Waals surface area contributed by atoms with Crippen LogP contribution in [0.4, 0.5) is 0 Å². The predicted molar refractivity (Wildman–Crippen MR) is 58.3 cm³/mol. The molecule has 0 radical (unpaired) electrons. The highest BCUT2D eigenvalue weighted by Gasteiger charge is 2.09. The second-order valence-electron chi connectivity index (χ2n) is 3.12. The van der Waals surface area contributed by atoms with Crippen molar-refractivity contribution in [3.05, 3.63) is 24.3 Å². The van der Waals surface area contributed by atoms with Crippen molar-refractivity contribution in [1.29, 1.82) is 0 Å². The first-order valence-corrected chi connectivity index (χ1v) is 4.96. The third-order valence-electron chi connectivity index (χ3n) is 1.76. The number of esters is 1. The molecule has 0 aliphatic rings. The van der Waals surface area contributed by atoms with Gasteiger partial charge in [0.25, 0.3) is 0 Å². The van der Waals surface area contributed by atoms with Crippen LogP contribution in [0.5, 0.6) is 0 Å². The van der Waals surface area contributed by atoms with Crippen molar-refractivity contribution in [3.8, 4) is 0 Å². The SMILES string of the molecule is CCC(CC=CC(=O)O)OC(=O)/C=C\C(=O)O. The molecular formula is C11H14O6. The molecule has 0 heterocycles. The molecule has 17 heavy (non-hydrogen) atoms. The van der Waals surface area contributed by atoms with Gasteiger partial charge in [0.15, 0.2) is 0 Å². The molecule has 2 N–H and O–H groups in total. The number of carbonyl (C=O) groups excluding carboxylic acids is 1. The summed E-state index contributed by atoms with van der Waals surface area (Å²) in [6.07, 6.45) is 4.16. The van der Waals surface area contributed by atoms with E-state index < -0.39 is 24.0 Å². The third-order valence-corrected chi connectivity index (χ3v) is 1.76. The highest BCUT2D eigenvalue weighted by molar-refractivity contribution is 5.90. The first-order valence-electron chi connectivity index (χ1n) is 4.96. The van der Waals surface area contributed by atoms with Crippen molar-refractivity contribution in [1.82, 2.24) is 0 Å². The van der Waals surface area contributed by atoms with Crippen LogP contribution in [0.2, 0.25) is 0 Å². The van der Waals surface area contributed by atoms with Gasteiger partial charge in [0.2, 0.25) is 0 Å². The van der Waals surface area contributed by atoms with Gasteiger partial charge in [-0.05, 0) is 6.42 Å². The summed E-state index contributed by atoms with van der Waals surface area (Å²) in [5.74, 6) is -3.07. The Bertz CT molecular complexity index is 342. The highest BCUT2D eigenvalue weighted by Crippen LogP contribution is 2.05. The molecule has 0 aromatic rings. The second-order valence-corrected chi connectivity index (χ2v) is 3.12. The van der Waals surface area contributed by atoms with E-state index in [0.29, 0.717) is 12.5 Å². The molecule has 0 saturated heterocycles. The lowest BCUT2D eigenvalue weighted by atomic mass is 10.2. The lowest BCUT2D eigenvalue weighted by molar-refractivity contribution is -0.143. The zero-order valence-electron chi connectivity index (χ0n) is 9.33. The minimum Gasteiger partial charge on any atom is -0.478 e. The quantitative estimate of drug-likeness (QED) is 0.509. The van der Waals surface area contributed by atoms with Gasteiger partial charge in [-0.1, -0.05) is 13.0 Å². The molecule has 0 aromatic carbocycles. The first-order chi connectivity index (χ1) is 7.95. The standard InChI is InChI=1S/C11H14O6/c1-2-8(4-3-5-9(12)13)17-11(16)7-6-10(14)15/h3,5-8H,2,4H2,1H3,(H,12,13)(H,14,15)/b5-3?,7-6-. The molecule has 0 rings (SSSR count). The molecule has 0 aliphatic heterocycles. The van der Waals surface area contributed by atoms with Gasteiger partial charge in [0.1, 0.15) is 6.10 Å². The van der Waals surface area contributed by atoms with Crippen molar-refractivity contribution >= 4 is 17.9 Å².